The highest BCUT2D eigenvalue weighted by Crippen LogP contribution is 2.67. The number of ether oxygens (including phenoxy) is 1. The maximum atomic E-state index is 10.3. The molecule has 0 spiro atoms. The van der Waals surface area contributed by atoms with Crippen molar-refractivity contribution >= 4 is 0 Å². The van der Waals surface area contributed by atoms with Crippen LogP contribution < -0.4 is 0 Å². The Morgan fingerprint density at radius 1 is 0.837 bits per heavy atom. The summed E-state index contributed by atoms with van der Waals surface area (Å²) >= 11 is 0. The molecule has 2 N–H and O–H groups in total. The van der Waals surface area contributed by atoms with Crippen molar-refractivity contribution in [3.8, 4) is 11.8 Å². The zero-order valence-corrected chi connectivity index (χ0v) is 29.6. The Balaban J connectivity index is 1.28. The van der Waals surface area contributed by atoms with Gasteiger partial charge in [-0.05, 0) is 88.4 Å². The normalized spacial score (nSPS) is 32.7. The molecule has 2 aliphatic carbocycles. The third-order valence-corrected chi connectivity index (χ3v) is 11.0. The van der Waals surface area contributed by atoms with Crippen LogP contribution in [-0.2, 0) is 4.74 Å². The van der Waals surface area contributed by atoms with Crippen LogP contribution in [0, 0.1) is 46.3 Å². The number of unbranched alkanes of at least 4 members (excludes halogenated alkanes) is 1. The van der Waals surface area contributed by atoms with E-state index >= 15 is 0 Å². The molecule has 244 valence electrons. The molecule has 0 aromatic carbocycles. The van der Waals surface area contributed by atoms with Gasteiger partial charge < -0.3 is 14.9 Å². The van der Waals surface area contributed by atoms with E-state index in [4.69, 9.17) is 4.74 Å². The van der Waals surface area contributed by atoms with Gasteiger partial charge >= 0.3 is 0 Å². The Hall–Kier alpha value is -1.34. The largest absolute Gasteiger partial charge is 0.393 e. The number of allylic oxidation sites excluding steroid dienone is 5. The summed E-state index contributed by atoms with van der Waals surface area (Å²) in [5, 5.41) is 20.4. The summed E-state index contributed by atoms with van der Waals surface area (Å²) in [5.41, 5.74) is 2.31. The van der Waals surface area contributed by atoms with E-state index < -0.39 is 0 Å². The molecular weight excluding hydrogens is 528 g/mol. The molecule has 3 rings (SSSR count). The van der Waals surface area contributed by atoms with Gasteiger partial charge in [0.05, 0.1) is 17.8 Å². The summed E-state index contributed by atoms with van der Waals surface area (Å²) < 4.78 is 6.38. The lowest BCUT2D eigenvalue weighted by Crippen LogP contribution is -2.47. The number of aliphatic hydroxyl groups is 2. The van der Waals surface area contributed by atoms with E-state index in [0.717, 1.165) is 50.9 Å². The molecule has 0 amide bonds. The molecule has 1 heterocycles. The predicted molar refractivity (Wildman–Crippen MR) is 183 cm³/mol. The Labute approximate surface area is 266 Å². The van der Waals surface area contributed by atoms with Crippen LogP contribution in [0.15, 0.2) is 35.5 Å². The first-order valence-corrected chi connectivity index (χ1v) is 17.6. The minimum absolute atomic E-state index is 0.0297. The molecule has 1 saturated heterocycles. The third-order valence-electron chi connectivity index (χ3n) is 11.0. The molecule has 4 unspecified atom stereocenters. The zero-order chi connectivity index (χ0) is 32.1. The van der Waals surface area contributed by atoms with Gasteiger partial charge in [0.1, 0.15) is 5.60 Å². The predicted octanol–water partition coefficient (Wildman–Crippen LogP) is 9.97. The molecule has 1 aliphatic heterocycles. The molecule has 0 radical (unpaired) electrons. The van der Waals surface area contributed by atoms with Gasteiger partial charge in [-0.15, -0.1) is 0 Å². The van der Waals surface area contributed by atoms with Crippen LogP contribution in [0.25, 0.3) is 0 Å². The van der Waals surface area contributed by atoms with Crippen molar-refractivity contribution in [3.63, 3.8) is 0 Å². The van der Waals surface area contributed by atoms with E-state index in [1.807, 2.05) is 0 Å². The first kappa shape index (κ1) is 36.1. The van der Waals surface area contributed by atoms with Gasteiger partial charge in [-0.3, -0.25) is 0 Å². The minimum atomic E-state index is -0.229. The molecule has 0 aromatic rings. The maximum absolute atomic E-state index is 10.3. The summed E-state index contributed by atoms with van der Waals surface area (Å²) in [7, 11) is 0. The van der Waals surface area contributed by atoms with E-state index in [2.05, 4.69) is 105 Å². The van der Waals surface area contributed by atoms with Crippen molar-refractivity contribution in [3.05, 3.63) is 35.5 Å². The Kier molecular flexibility index (Phi) is 12.5. The molecule has 2 fully saturated rings. The van der Waals surface area contributed by atoms with E-state index in [9.17, 15) is 10.2 Å². The molecule has 3 heteroatoms. The number of epoxide rings is 1. The summed E-state index contributed by atoms with van der Waals surface area (Å²) in [6.45, 7) is 22.6. The minimum Gasteiger partial charge on any atom is -0.393 e. The van der Waals surface area contributed by atoms with Gasteiger partial charge in [0, 0.05) is 23.3 Å². The van der Waals surface area contributed by atoms with Gasteiger partial charge in [0.2, 0.25) is 0 Å². The van der Waals surface area contributed by atoms with Crippen LogP contribution in [0.2, 0.25) is 0 Å². The second kappa shape index (κ2) is 14.8. The van der Waals surface area contributed by atoms with Crippen LogP contribution >= 0.6 is 0 Å². The summed E-state index contributed by atoms with van der Waals surface area (Å²) in [4.78, 5) is 0. The lowest BCUT2D eigenvalue weighted by Gasteiger charge is -2.41. The number of rotatable bonds is 14. The lowest BCUT2D eigenvalue weighted by molar-refractivity contribution is 0.0299. The molecule has 3 aliphatic rings. The fraction of sp³-hybridized carbons (Fsp3) is 0.800. The third kappa shape index (κ3) is 9.58. The molecular formula is C40H66O3. The van der Waals surface area contributed by atoms with Crippen LogP contribution in [0.4, 0.5) is 0 Å². The van der Waals surface area contributed by atoms with Crippen molar-refractivity contribution in [1.29, 1.82) is 0 Å². The number of hydrogen-bond acceptors (Lipinski definition) is 3. The van der Waals surface area contributed by atoms with Crippen LogP contribution in [0.1, 0.15) is 146 Å². The second-order valence-corrected chi connectivity index (χ2v) is 16.6. The van der Waals surface area contributed by atoms with Gasteiger partial charge in [0.25, 0.3) is 0 Å². The standard InChI is InChI=1S/C40H66O3/c1-29(17-13-19-31(3)21-22-36-33(5)25-34(41)26-37(36,6)7)15-11-12-16-30(2)18-14-20-32(4)23-24-40-38(8,9)27-35(42)28-39(40,10)43-40/h13-14,17,20,29-32,34-35,41-42H,11-12,15-16,18-19,23-28H2,1-10H3/b17-13+,20-14+/t29?,30?,31?,32?,34-,35+,39-,40+/m1/s1. The van der Waals surface area contributed by atoms with E-state index in [0.29, 0.717) is 17.8 Å². The fourth-order valence-corrected chi connectivity index (χ4v) is 8.43. The van der Waals surface area contributed by atoms with Crippen molar-refractivity contribution in [1.82, 2.24) is 0 Å². The van der Waals surface area contributed by atoms with Crippen molar-refractivity contribution < 1.29 is 14.9 Å². The highest BCUT2D eigenvalue weighted by atomic mass is 16.6. The first-order valence-electron chi connectivity index (χ1n) is 17.6. The van der Waals surface area contributed by atoms with E-state index in [-0.39, 0.29) is 34.2 Å². The Morgan fingerprint density at radius 3 is 2.12 bits per heavy atom. The van der Waals surface area contributed by atoms with Gasteiger partial charge in [-0.25, -0.2) is 0 Å². The second-order valence-electron chi connectivity index (χ2n) is 16.6. The molecule has 8 atom stereocenters. The SMILES string of the molecule is CC1=C(C#CC(C)C/C=C/C(C)CCCCC(C)C/C=C/C(C)CC[C@@]23O[C@]2(C)C[C@@H](O)CC3(C)C)C(C)(C)C[C@H](O)C1. The topological polar surface area (TPSA) is 53.0 Å². The van der Waals surface area contributed by atoms with Gasteiger partial charge in [-0.1, -0.05) is 116 Å². The molecule has 0 aromatic heterocycles. The molecule has 0 bridgehead atoms. The quantitative estimate of drug-likeness (QED) is 0.0910. The fourth-order valence-electron chi connectivity index (χ4n) is 8.43. The first-order chi connectivity index (χ1) is 20.0. The molecule has 43 heavy (non-hydrogen) atoms. The summed E-state index contributed by atoms with van der Waals surface area (Å²) in [6.07, 6.45) is 21.9. The van der Waals surface area contributed by atoms with Crippen LogP contribution in [0.5, 0.6) is 0 Å². The van der Waals surface area contributed by atoms with E-state index in [1.54, 1.807) is 0 Å². The van der Waals surface area contributed by atoms with Crippen molar-refractivity contribution in [2.45, 2.75) is 170 Å². The Morgan fingerprint density at radius 2 is 1.47 bits per heavy atom. The average Bonchev–Trinajstić information content (AvgIpc) is 3.49. The van der Waals surface area contributed by atoms with Gasteiger partial charge in [0.15, 0.2) is 0 Å². The maximum Gasteiger partial charge on any atom is 0.103 e. The monoisotopic (exact) mass is 595 g/mol. The van der Waals surface area contributed by atoms with Crippen LogP contribution in [0.3, 0.4) is 0 Å². The lowest BCUT2D eigenvalue weighted by atomic mass is 9.61. The number of aliphatic hydroxyl groups excluding tert-OH is 2. The number of fused-ring (bicyclic) bond motifs is 1. The highest BCUT2D eigenvalue weighted by Gasteiger charge is 2.75. The highest BCUT2D eigenvalue weighted by molar-refractivity contribution is 5.40. The molecule has 1 saturated carbocycles. The van der Waals surface area contributed by atoms with Gasteiger partial charge in [-0.2, -0.15) is 0 Å². The van der Waals surface area contributed by atoms with Crippen LogP contribution in [-0.4, -0.2) is 33.6 Å². The van der Waals surface area contributed by atoms with Crippen molar-refractivity contribution in [2.24, 2.45) is 34.5 Å². The average molecular weight is 595 g/mol. The Bertz CT molecular complexity index is 1070. The number of hydrogen-bond donors (Lipinski definition) is 2. The van der Waals surface area contributed by atoms with E-state index in [1.165, 1.54) is 43.3 Å². The summed E-state index contributed by atoms with van der Waals surface area (Å²) in [6, 6.07) is 0. The zero-order valence-electron chi connectivity index (χ0n) is 29.6. The smallest absolute Gasteiger partial charge is 0.103 e. The molecule has 3 nitrogen and oxygen atoms in total. The van der Waals surface area contributed by atoms with Crippen molar-refractivity contribution in [2.75, 3.05) is 0 Å². The summed E-state index contributed by atoms with van der Waals surface area (Å²) in [5.74, 6) is 9.24.